The Balaban J connectivity index is 2.03. The van der Waals surface area contributed by atoms with Crippen molar-refractivity contribution in [1.29, 1.82) is 0 Å². The van der Waals surface area contributed by atoms with Crippen molar-refractivity contribution in [2.24, 2.45) is 0 Å². The highest BCUT2D eigenvalue weighted by atomic mass is 16.1. The van der Waals surface area contributed by atoms with E-state index in [1.807, 2.05) is 42.5 Å². The number of carbonyl (C=O) groups is 1. The van der Waals surface area contributed by atoms with Crippen LogP contribution in [0.1, 0.15) is 12.5 Å². The van der Waals surface area contributed by atoms with Gasteiger partial charge in [-0.25, -0.2) is 0 Å². The van der Waals surface area contributed by atoms with E-state index in [1.165, 1.54) is 12.5 Å². The lowest BCUT2D eigenvalue weighted by atomic mass is 10.1. The second-order valence-corrected chi connectivity index (χ2v) is 5.74. The van der Waals surface area contributed by atoms with Crippen molar-refractivity contribution in [3.8, 4) is 0 Å². The zero-order chi connectivity index (χ0) is 16.9. The number of nitrogens with one attached hydrogen (secondary N) is 1. The van der Waals surface area contributed by atoms with Crippen LogP contribution in [0.5, 0.6) is 0 Å². The Hall–Kier alpha value is -3.07. The van der Waals surface area contributed by atoms with Crippen LogP contribution in [0.4, 0.5) is 22.7 Å². The summed E-state index contributed by atoms with van der Waals surface area (Å²) in [6, 6.07) is 26.5. The second-order valence-electron chi connectivity index (χ2n) is 5.74. The van der Waals surface area contributed by atoms with Gasteiger partial charge in [0.1, 0.15) is 0 Å². The summed E-state index contributed by atoms with van der Waals surface area (Å²) in [5.41, 5.74) is 5.25. The molecule has 0 fully saturated rings. The molecule has 3 nitrogen and oxygen atoms in total. The van der Waals surface area contributed by atoms with Crippen LogP contribution in [-0.4, -0.2) is 5.91 Å². The summed E-state index contributed by atoms with van der Waals surface area (Å²) in [5, 5.41) is 2.80. The first-order valence-electron chi connectivity index (χ1n) is 7.93. The molecule has 1 N–H and O–H groups in total. The Morgan fingerprint density at radius 3 is 2.04 bits per heavy atom. The fourth-order valence-corrected chi connectivity index (χ4v) is 2.69. The molecule has 0 saturated carbocycles. The van der Waals surface area contributed by atoms with Crippen LogP contribution in [-0.2, 0) is 4.79 Å². The summed E-state index contributed by atoms with van der Waals surface area (Å²) in [7, 11) is 0. The van der Waals surface area contributed by atoms with Crippen molar-refractivity contribution < 1.29 is 4.79 Å². The van der Waals surface area contributed by atoms with E-state index in [1.54, 1.807) is 0 Å². The Morgan fingerprint density at radius 2 is 1.42 bits per heavy atom. The lowest BCUT2D eigenvalue weighted by Crippen LogP contribution is -2.10. The lowest BCUT2D eigenvalue weighted by molar-refractivity contribution is -0.114. The minimum Gasteiger partial charge on any atom is -0.326 e. The van der Waals surface area contributed by atoms with Crippen molar-refractivity contribution in [2.75, 3.05) is 10.2 Å². The molecule has 0 aromatic heterocycles. The van der Waals surface area contributed by atoms with Gasteiger partial charge in [0.05, 0.1) is 0 Å². The molecule has 0 heterocycles. The number of hydrogen-bond acceptors (Lipinski definition) is 2. The highest BCUT2D eigenvalue weighted by Gasteiger charge is 2.12. The first-order chi connectivity index (χ1) is 11.6. The van der Waals surface area contributed by atoms with Crippen LogP contribution in [0.3, 0.4) is 0 Å². The molecule has 0 bridgehead atoms. The van der Waals surface area contributed by atoms with E-state index in [4.69, 9.17) is 0 Å². The van der Waals surface area contributed by atoms with Gasteiger partial charge in [-0.2, -0.15) is 0 Å². The Kier molecular flexibility index (Phi) is 4.62. The number of rotatable bonds is 4. The normalized spacial score (nSPS) is 10.2. The monoisotopic (exact) mass is 316 g/mol. The van der Waals surface area contributed by atoms with Crippen LogP contribution in [0.15, 0.2) is 78.9 Å². The van der Waals surface area contributed by atoms with Gasteiger partial charge >= 0.3 is 0 Å². The number of aryl methyl sites for hydroxylation is 1. The summed E-state index contributed by atoms with van der Waals surface area (Å²) < 4.78 is 0. The molecule has 0 saturated heterocycles. The zero-order valence-electron chi connectivity index (χ0n) is 13.9. The molecule has 3 heteroatoms. The van der Waals surface area contributed by atoms with Gasteiger partial charge in [-0.1, -0.05) is 30.3 Å². The van der Waals surface area contributed by atoms with Gasteiger partial charge in [-0.3, -0.25) is 4.79 Å². The van der Waals surface area contributed by atoms with E-state index in [-0.39, 0.29) is 5.91 Å². The minimum absolute atomic E-state index is 0.0682. The summed E-state index contributed by atoms with van der Waals surface area (Å²) in [4.78, 5) is 13.4. The topological polar surface area (TPSA) is 32.3 Å². The molecule has 3 aromatic carbocycles. The number of carbonyl (C=O) groups excluding carboxylic acids is 1. The second kappa shape index (κ2) is 7.01. The van der Waals surface area contributed by atoms with E-state index in [0.29, 0.717) is 0 Å². The molecule has 1 amide bonds. The number of amides is 1. The van der Waals surface area contributed by atoms with E-state index >= 15 is 0 Å². The summed E-state index contributed by atoms with van der Waals surface area (Å²) >= 11 is 0. The van der Waals surface area contributed by atoms with Crippen LogP contribution >= 0.6 is 0 Å². The van der Waals surface area contributed by atoms with Crippen molar-refractivity contribution in [3.05, 3.63) is 84.4 Å². The fourth-order valence-electron chi connectivity index (χ4n) is 2.69. The first kappa shape index (κ1) is 15.8. The largest absolute Gasteiger partial charge is 0.326 e. The predicted molar refractivity (Wildman–Crippen MR) is 100 cm³/mol. The van der Waals surface area contributed by atoms with Gasteiger partial charge < -0.3 is 10.2 Å². The molecule has 120 valence electrons. The molecule has 0 radical (unpaired) electrons. The van der Waals surface area contributed by atoms with Gasteiger partial charge in [0, 0.05) is 29.7 Å². The average molecular weight is 316 g/mol. The van der Waals surface area contributed by atoms with Crippen LogP contribution in [0.2, 0.25) is 0 Å². The molecule has 0 aliphatic carbocycles. The Labute approximate surface area is 142 Å². The van der Waals surface area contributed by atoms with Crippen LogP contribution < -0.4 is 10.2 Å². The number of benzene rings is 3. The average Bonchev–Trinajstić information content (AvgIpc) is 2.57. The van der Waals surface area contributed by atoms with Gasteiger partial charge in [-0.15, -0.1) is 0 Å². The third-order valence-corrected chi connectivity index (χ3v) is 3.72. The van der Waals surface area contributed by atoms with E-state index in [0.717, 1.165) is 22.7 Å². The van der Waals surface area contributed by atoms with Crippen LogP contribution in [0, 0.1) is 6.92 Å². The molecule has 0 aliphatic heterocycles. The van der Waals surface area contributed by atoms with Gasteiger partial charge in [0.15, 0.2) is 0 Å². The number of anilines is 4. The maximum Gasteiger partial charge on any atom is 0.221 e. The van der Waals surface area contributed by atoms with Crippen molar-refractivity contribution >= 4 is 28.7 Å². The zero-order valence-corrected chi connectivity index (χ0v) is 13.9. The quantitative estimate of drug-likeness (QED) is 0.696. The maximum absolute atomic E-state index is 11.2. The Bertz CT molecular complexity index is 826. The molecule has 24 heavy (non-hydrogen) atoms. The molecule has 0 spiro atoms. The van der Waals surface area contributed by atoms with Gasteiger partial charge in [-0.05, 0) is 61.0 Å². The number of nitrogens with zero attached hydrogens (tertiary/aromatic N) is 1. The van der Waals surface area contributed by atoms with Crippen molar-refractivity contribution in [2.45, 2.75) is 13.8 Å². The highest BCUT2D eigenvalue weighted by Crippen LogP contribution is 2.35. The molecular weight excluding hydrogens is 296 g/mol. The predicted octanol–water partition coefficient (Wildman–Crippen LogP) is 5.42. The van der Waals surface area contributed by atoms with Crippen LogP contribution in [0.25, 0.3) is 0 Å². The smallest absolute Gasteiger partial charge is 0.221 e. The molecule has 0 unspecified atom stereocenters. The summed E-state index contributed by atoms with van der Waals surface area (Å²) in [6.07, 6.45) is 0. The third kappa shape index (κ3) is 3.63. The summed E-state index contributed by atoms with van der Waals surface area (Å²) in [6.45, 7) is 3.60. The maximum atomic E-state index is 11.2. The van der Waals surface area contributed by atoms with E-state index < -0.39 is 0 Å². The minimum atomic E-state index is -0.0682. The van der Waals surface area contributed by atoms with Crippen molar-refractivity contribution in [1.82, 2.24) is 0 Å². The summed E-state index contributed by atoms with van der Waals surface area (Å²) in [5.74, 6) is -0.0682. The molecule has 0 atom stereocenters. The molecule has 0 aliphatic rings. The fraction of sp³-hybridized carbons (Fsp3) is 0.0952. The standard InChI is InChI=1S/C21H20N2O/c1-16-7-6-10-21(15-16)23(19-8-4-3-5-9-19)20-13-11-18(12-14-20)22-17(2)24/h3-15H,1-2H3,(H,22,24). The lowest BCUT2D eigenvalue weighted by Gasteiger charge is -2.26. The third-order valence-electron chi connectivity index (χ3n) is 3.72. The SMILES string of the molecule is CC(=O)Nc1ccc(N(c2ccccc2)c2cccc(C)c2)cc1. The molecule has 3 rings (SSSR count). The Morgan fingerprint density at radius 1 is 0.792 bits per heavy atom. The molecular formula is C21H20N2O. The van der Waals surface area contributed by atoms with Gasteiger partial charge in [0.25, 0.3) is 0 Å². The number of hydrogen-bond donors (Lipinski definition) is 1. The highest BCUT2D eigenvalue weighted by molar-refractivity contribution is 5.89. The van der Waals surface area contributed by atoms with Crippen molar-refractivity contribution in [3.63, 3.8) is 0 Å². The van der Waals surface area contributed by atoms with E-state index in [9.17, 15) is 4.79 Å². The molecule has 3 aromatic rings. The number of para-hydroxylation sites is 1. The van der Waals surface area contributed by atoms with E-state index in [2.05, 4.69) is 53.5 Å². The van der Waals surface area contributed by atoms with Gasteiger partial charge in [0.2, 0.25) is 5.91 Å². The first-order valence-corrected chi connectivity index (χ1v) is 7.93.